The molecule has 0 bridgehead atoms. The number of hydrogen-bond acceptors (Lipinski definition) is 4. The van der Waals surface area contributed by atoms with Gasteiger partial charge in [0.15, 0.2) is 9.84 Å². The van der Waals surface area contributed by atoms with Crippen LogP contribution in [0.4, 0.5) is 0 Å². The van der Waals surface area contributed by atoms with E-state index in [2.05, 4.69) is 4.72 Å². The summed E-state index contributed by atoms with van der Waals surface area (Å²) in [5.41, 5.74) is 1.39. The van der Waals surface area contributed by atoms with E-state index in [-0.39, 0.29) is 16.4 Å². The van der Waals surface area contributed by atoms with Crippen LogP contribution >= 0.6 is 0 Å². The maximum absolute atomic E-state index is 12.5. The zero-order valence-corrected chi connectivity index (χ0v) is 13.6. The van der Waals surface area contributed by atoms with Crippen LogP contribution < -0.4 is 4.72 Å². The third-order valence-electron chi connectivity index (χ3n) is 4.26. The smallest absolute Gasteiger partial charge is 0.229 e. The topological polar surface area (TPSA) is 80.3 Å². The normalized spacial score (nSPS) is 27.7. The average molecular weight is 329 g/mol. The summed E-state index contributed by atoms with van der Waals surface area (Å²) < 4.78 is 50.8. The Morgan fingerprint density at radius 1 is 1.19 bits per heavy atom. The van der Waals surface area contributed by atoms with Crippen molar-refractivity contribution in [2.75, 3.05) is 11.5 Å². The van der Waals surface area contributed by atoms with E-state index >= 15 is 0 Å². The molecule has 1 fully saturated rings. The van der Waals surface area contributed by atoms with E-state index < -0.39 is 25.4 Å². The molecule has 0 spiro atoms. The van der Waals surface area contributed by atoms with Crippen molar-refractivity contribution >= 4 is 19.9 Å². The van der Waals surface area contributed by atoms with Crippen LogP contribution in [0, 0.1) is 0 Å². The van der Waals surface area contributed by atoms with E-state index in [4.69, 9.17) is 0 Å². The molecule has 21 heavy (non-hydrogen) atoms. The van der Waals surface area contributed by atoms with Crippen LogP contribution in [0.15, 0.2) is 23.1 Å². The van der Waals surface area contributed by atoms with Crippen LogP contribution in [0.1, 0.15) is 30.9 Å². The van der Waals surface area contributed by atoms with Gasteiger partial charge < -0.3 is 0 Å². The first-order valence-corrected chi connectivity index (χ1v) is 10.4. The number of rotatable bonds is 3. The molecule has 5 nitrogen and oxygen atoms in total. The van der Waals surface area contributed by atoms with Crippen molar-refractivity contribution in [3.05, 3.63) is 29.3 Å². The number of aryl methyl sites for hydroxylation is 2. The van der Waals surface area contributed by atoms with E-state index in [1.54, 1.807) is 19.1 Å². The summed E-state index contributed by atoms with van der Waals surface area (Å²) in [5, 5.41) is 0. The van der Waals surface area contributed by atoms with E-state index in [0.29, 0.717) is 6.42 Å². The van der Waals surface area contributed by atoms with Crippen molar-refractivity contribution in [2.45, 2.75) is 43.0 Å². The number of fused-ring (bicyclic) bond motifs is 1. The second-order valence-electron chi connectivity index (χ2n) is 6.29. The molecule has 0 amide bonds. The van der Waals surface area contributed by atoms with Gasteiger partial charge in [0.1, 0.15) is 0 Å². The summed E-state index contributed by atoms with van der Waals surface area (Å²) in [4.78, 5) is 0.230. The lowest BCUT2D eigenvalue weighted by Crippen LogP contribution is -2.46. The lowest BCUT2D eigenvalue weighted by atomic mass is 10.0. The van der Waals surface area contributed by atoms with Crippen molar-refractivity contribution in [3.8, 4) is 0 Å². The molecule has 1 saturated heterocycles. The SMILES string of the molecule is C[C@@]1(NS(=O)(=O)c2ccc3c(c2)CCC3)CCS(=O)(=O)C1. The first kappa shape index (κ1) is 15.0. The fourth-order valence-electron chi connectivity index (χ4n) is 3.19. The lowest BCUT2D eigenvalue weighted by Gasteiger charge is -2.23. The molecule has 0 saturated carbocycles. The quantitative estimate of drug-likeness (QED) is 0.898. The van der Waals surface area contributed by atoms with Gasteiger partial charge in [-0.15, -0.1) is 0 Å². The van der Waals surface area contributed by atoms with Crippen molar-refractivity contribution in [1.82, 2.24) is 4.72 Å². The van der Waals surface area contributed by atoms with Crippen LogP contribution in [0.2, 0.25) is 0 Å². The molecule has 1 heterocycles. The number of nitrogens with one attached hydrogen (secondary N) is 1. The molecule has 0 unspecified atom stereocenters. The van der Waals surface area contributed by atoms with Gasteiger partial charge in [0.2, 0.25) is 10.0 Å². The highest BCUT2D eigenvalue weighted by Crippen LogP contribution is 2.28. The zero-order chi connectivity index (χ0) is 15.3. The Bertz CT molecular complexity index is 783. The standard InChI is InChI=1S/C14H19NO4S2/c1-14(7-8-20(16,17)10-14)15-21(18,19)13-6-5-11-3-2-4-12(11)9-13/h5-6,9,15H,2-4,7-8,10H2,1H3/t14-/m1/s1. The van der Waals surface area contributed by atoms with Gasteiger partial charge in [0.05, 0.1) is 16.4 Å². The molecule has 1 aromatic rings. The summed E-state index contributed by atoms with van der Waals surface area (Å²) in [5.74, 6) is -0.0968. The molecule has 116 valence electrons. The van der Waals surface area contributed by atoms with E-state index in [0.717, 1.165) is 24.8 Å². The summed E-state index contributed by atoms with van der Waals surface area (Å²) >= 11 is 0. The van der Waals surface area contributed by atoms with Gasteiger partial charge in [-0.2, -0.15) is 0 Å². The Labute approximate surface area is 125 Å². The van der Waals surface area contributed by atoms with Gasteiger partial charge >= 0.3 is 0 Å². The Balaban J connectivity index is 1.88. The van der Waals surface area contributed by atoms with Crippen LogP contribution in [0.5, 0.6) is 0 Å². The lowest BCUT2D eigenvalue weighted by molar-refractivity contribution is 0.462. The van der Waals surface area contributed by atoms with Gasteiger partial charge in [-0.05, 0) is 55.9 Å². The van der Waals surface area contributed by atoms with Crippen molar-refractivity contribution in [1.29, 1.82) is 0 Å². The van der Waals surface area contributed by atoms with E-state index in [9.17, 15) is 16.8 Å². The predicted octanol–water partition coefficient (Wildman–Crippen LogP) is 1.03. The number of hydrogen-bond donors (Lipinski definition) is 1. The molecular formula is C14H19NO4S2. The zero-order valence-electron chi connectivity index (χ0n) is 11.9. The third kappa shape index (κ3) is 3.00. The molecule has 1 N–H and O–H groups in total. The van der Waals surface area contributed by atoms with Crippen LogP contribution in [-0.4, -0.2) is 33.9 Å². The Hall–Kier alpha value is -0.920. The van der Waals surface area contributed by atoms with Crippen molar-refractivity contribution < 1.29 is 16.8 Å². The second kappa shape index (κ2) is 4.79. The minimum Gasteiger partial charge on any atom is -0.229 e. The first-order chi connectivity index (χ1) is 9.69. The summed E-state index contributed by atoms with van der Waals surface area (Å²) in [6.45, 7) is 1.66. The van der Waals surface area contributed by atoms with Gasteiger partial charge in [-0.3, -0.25) is 0 Å². The van der Waals surface area contributed by atoms with Crippen LogP contribution in [-0.2, 0) is 32.7 Å². The molecule has 1 aromatic carbocycles. The maximum Gasteiger partial charge on any atom is 0.241 e. The van der Waals surface area contributed by atoms with Crippen LogP contribution in [0.3, 0.4) is 0 Å². The monoisotopic (exact) mass is 329 g/mol. The molecule has 7 heteroatoms. The average Bonchev–Trinajstić information content (AvgIpc) is 2.91. The van der Waals surface area contributed by atoms with Gasteiger partial charge in [0.25, 0.3) is 0 Å². The highest BCUT2D eigenvalue weighted by atomic mass is 32.2. The summed E-state index contributed by atoms with van der Waals surface area (Å²) in [7, 11) is -6.83. The highest BCUT2D eigenvalue weighted by Gasteiger charge is 2.41. The molecule has 1 atom stereocenters. The highest BCUT2D eigenvalue weighted by molar-refractivity contribution is 7.92. The molecule has 1 aliphatic carbocycles. The summed E-state index contributed by atoms with van der Waals surface area (Å²) in [6, 6.07) is 5.20. The Morgan fingerprint density at radius 2 is 1.90 bits per heavy atom. The minimum absolute atomic E-state index is 0.0379. The number of benzene rings is 1. The summed E-state index contributed by atoms with van der Waals surface area (Å²) in [6.07, 6.45) is 3.28. The molecule has 1 aliphatic heterocycles. The molecule has 0 aromatic heterocycles. The third-order valence-corrected chi connectivity index (χ3v) is 7.80. The Morgan fingerprint density at radius 3 is 2.57 bits per heavy atom. The molecule has 0 radical (unpaired) electrons. The predicted molar refractivity (Wildman–Crippen MR) is 80.5 cm³/mol. The van der Waals surface area contributed by atoms with Gasteiger partial charge in [-0.1, -0.05) is 6.07 Å². The maximum atomic E-state index is 12.5. The molecule has 3 rings (SSSR count). The minimum atomic E-state index is -3.69. The largest absolute Gasteiger partial charge is 0.241 e. The Kier molecular flexibility index (Phi) is 3.42. The van der Waals surface area contributed by atoms with E-state index in [1.807, 2.05) is 6.07 Å². The van der Waals surface area contributed by atoms with Crippen LogP contribution in [0.25, 0.3) is 0 Å². The second-order valence-corrected chi connectivity index (χ2v) is 10.2. The van der Waals surface area contributed by atoms with Crippen molar-refractivity contribution in [2.24, 2.45) is 0 Å². The fraction of sp³-hybridized carbons (Fsp3) is 0.571. The molecule has 2 aliphatic rings. The first-order valence-electron chi connectivity index (χ1n) is 7.05. The van der Waals surface area contributed by atoms with E-state index in [1.165, 1.54) is 5.56 Å². The number of sulfonamides is 1. The van der Waals surface area contributed by atoms with Crippen molar-refractivity contribution in [3.63, 3.8) is 0 Å². The number of sulfone groups is 1. The molecular weight excluding hydrogens is 310 g/mol. The van der Waals surface area contributed by atoms with Gasteiger partial charge in [0, 0.05) is 5.54 Å². The van der Waals surface area contributed by atoms with Gasteiger partial charge in [-0.25, -0.2) is 21.6 Å². The fourth-order valence-corrected chi connectivity index (χ4v) is 6.86.